The second-order valence-corrected chi connectivity index (χ2v) is 3.81. The number of aromatic amines is 1. The molecule has 1 amide bonds. The minimum atomic E-state index is -0.103. The van der Waals surface area contributed by atoms with Gasteiger partial charge in [0.25, 0.3) is 5.91 Å². The molecular formula is C13H15N3O2. The van der Waals surface area contributed by atoms with E-state index in [9.17, 15) is 4.79 Å². The van der Waals surface area contributed by atoms with Crippen molar-refractivity contribution >= 4 is 5.91 Å². The molecule has 1 heterocycles. The van der Waals surface area contributed by atoms with E-state index in [1.165, 1.54) is 0 Å². The minimum absolute atomic E-state index is 0.103. The molecule has 2 rings (SSSR count). The van der Waals surface area contributed by atoms with Gasteiger partial charge in [-0.25, -0.2) is 4.98 Å². The topological polar surface area (TPSA) is 67.0 Å². The van der Waals surface area contributed by atoms with E-state index in [0.717, 1.165) is 12.1 Å². The van der Waals surface area contributed by atoms with Crippen molar-refractivity contribution < 1.29 is 9.53 Å². The number of carbonyl (C=O) groups is 1. The first-order chi connectivity index (χ1) is 8.79. The predicted molar refractivity (Wildman–Crippen MR) is 67.6 cm³/mol. The van der Waals surface area contributed by atoms with Crippen molar-refractivity contribution in [1.29, 1.82) is 0 Å². The van der Waals surface area contributed by atoms with Crippen molar-refractivity contribution in [3.05, 3.63) is 48.0 Å². The van der Waals surface area contributed by atoms with Gasteiger partial charge in [0.05, 0.1) is 13.4 Å². The number of imidazole rings is 1. The van der Waals surface area contributed by atoms with E-state index < -0.39 is 0 Å². The van der Waals surface area contributed by atoms with Crippen molar-refractivity contribution in [3.63, 3.8) is 0 Å². The van der Waals surface area contributed by atoms with Crippen LogP contribution in [0, 0.1) is 0 Å². The zero-order valence-electron chi connectivity index (χ0n) is 10.1. The van der Waals surface area contributed by atoms with Gasteiger partial charge in [-0.15, -0.1) is 0 Å². The van der Waals surface area contributed by atoms with Crippen LogP contribution in [0.3, 0.4) is 0 Å². The zero-order valence-corrected chi connectivity index (χ0v) is 10.1. The molecule has 0 spiro atoms. The molecule has 1 aromatic carbocycles. The third-order valence-electron chi connectivity index (χ3n) is 2.57. The molecule has 0 atom stereocenters. The Morgan fingerprint density at radius 3 is 3.11 bits per heavy atom. The maximum absolute atomic E-state index is 11.8. The standard InChI is InChI=1S/C13H15N3O2/c1-18-12-4-2-3-10(7-12)13(17)15-6-5-11-8-14-9-16-11/h2-4,7-9H,5-6H2,1H3,(H,14,16)(H,15,17). The number of nitrogens with one attached hydrogen (secondary N) is 2. The molecule has 0 unspecified atom stereocenters. The highest BCUT2D eigenvalue weighted by Crippen LogP contribution is 2.12. The van der Waals surface area contributed by atoms with E-state index in [2.05, 4.69) is 15.3 Å². The normalized spacial score (nSPS) is 10.1. The van der Waals surface area contributed by atoms with Crippen LogP contribution >= 0.6 is 0 Å². The van der Waals surface area contributed by atoms with Crippen molar-refractivity contribution in [2.75, 3.05) is 13.7 Å². The summed E-state index contributed by atoms with van der Waals surface area (Å²) < 4.78 is 5.08. The summed E-state index contributed by atoms with van der Waals surface area (Å²) in [5.41, 5.74) is 1.60. The van der Waals surface area contributed by atoms with Crippen molar-refractivity contribution in [3.8, 4) is 5.75 Å². The van der Waals surface area contributed by atoms with Gasteiger partial charge in [-0.3, -0.25) is 4.79 Å². The third kappa shape index (κ3) is 3.10. The van der Waals surface area contributed by atoms with Gasteiger partial charge >= 0.3 is 0 Å². The molecule has 94 valence electrons. The number of benzene rings is 1. The van der Waals surface area contributed by atoms with Crippen LogP contribution < -0.4 is 10.1 Å². The summed E-state index contributed by atoms with van der Waals surface area (Å²) in [5.74, 6) is 0.574. The van der Waals surface area contributed by atoms with Crippen LogP contribution in [-0.4, -0.2) is 29.5 Å². The molecule has 0 aliphatic rings. The molecule has 0 saturated heterocycles. The van der Waals surface area contributed by atoms with Gasteiger partial charge in [0.2, 0.25) is 0 Å². The molecular weight excluding hydrogens is 230 g/mol. The lowest BCUT2D eigenvalue weighted by molar-refractivity contribution is 0.0953. The molecule has 2 aromatic rings. The first-order valence-electron chi connectivity index (χ1n) is 5.69. The number of amides is 1. The quantitative estimate of drug-likeness (QED) is 0.836. The van der Waals surface area contributed by atoms with Crippen LogP contribution in [0.25, 0.3) is 0 Å². The largest absolute Gasteiger partial charge is 0.497 e. The van der Waals surface area contributed by atoms with Gasteiger partial charge in [-0.05, 0) is 18.2 Å². The maximum Gasteiger partial charge on any atom is 0.251 e. The summed E-state index contributed by atoms with van der Waals surface area (Å²) in [6, 6.07) is 7.07. The smallest absolute Gasteiger partial charge is 0.251 e. The Bertz CT molecular complexity index is 509. The Morgan fingerprint density at radius 2 is 2.39 bits per heavy atom. The van der Waals surface area contributed by atoms with E-state index in [4.69, 9.17) is 4.74 Å². The van der Waals surface area contributed by atoms with Crippen LogP contribution in [0.15, 0.2) is 36.8 Å². The Kier molecular flexibility index (Phi) is 3.96. The van der Waals surface area contributed by atoms with Crippen molar-refractivity contribution in [2.45, 2.75) is 6.42 Å². The van der Waals surface area contributed by atoms with Gasteiger partial charge in [0, 0.05) is 30.4 Å². The SMILES string of the molecule is COc1cccc(C(=O)NCCc2cnc[nH]2)c1. The first-order valence-corrected chi connectivity index (χ1v) is 5.69. The number of H-pyrrole nitrogens is 1. The molecule has 0 aliphatic heterocycles. The summed E-state index contributed by atoms with van der Waals surface area (Å²) in [6.45, 7) is 0.568. The van der Waals surface area contributed by atoms with Crippen molar-refractivity contribution in [2.24, 2.45) is 0 Å². The van der Waals surface area contributed by atoms with Crippen LogP contribution in [0.4, 0.5) is 0 Å². The predicted octanol–water partition coefficient (Wildman–Crippen LogP) is 1.39. The van der Waals surface area contributed by atoms with Gasteiger partial charge in [0.15, 0.2) is 0 Å². The molecule has 18 heavy (non-hydrogen) atoms. The minimum Gasteiger partial charge on any atom is -0.497 e. The highest BCUT2D eigenvalue weighted by atomic mass is 16.5. The van der Waals surface area contributed by atoms with E-state index in [1.807, 2.05) is 0 Å². The van der Waals surface area contributed by atoms with Gasteiger partial charge in [0.1, 0.15) is 5.75 Å². The van der Waals surface area contributed by atoms with Crippen LogP contribution in [0.5, 0.6) is 5.75 Å². The fourth-order valence-electron chi connectivity index (χ4n) is 1.60. The Hall–Kier alpha value is -2.30. The Labute approximate surface area is 105 Å². The number of hydrogen-bond acceptors (Lipinski definition) is 3. The number of hydrogen-bond donors (Lipinski definition) is 2. The van der Waals surface area contributed by atoms with E-state index >= 15 is 0 Å². The van der Waals surface area contributed by atoms with Crippen LogP contribution in [-0.2, 0) is 6.42 Å². The van der Waals surface area contributed by atoms with Gasteiger partial charge < -0.3 is 15.0 Å². The summed E-state index contributed by atoms with van der Waals surface area (Å²) in [7, 11) is 1.58. The van der Waals surface area contributed by atoms with Crippen LogP contribution in [0.1, 0.15) is 16.1 Å². The molecule has 5 nitrogen and oxygen atoms in total. The lowest BCUT2D eigenvalue weighted by Crippen LogP contribution is -2.25. The molecule has 2 N–H and O–H groups in total. The molecule has 0 radical (unpaired) electrons. The number of rotatable bonds is 5. The molecule has 5 heteroatoms. The fraction of sp³-hybridized carbons (Fsp3) is 0.231. The van der Waals surface area contributed by atoms with E-state index in [1.54, 1.807) is 43.9 Å². The highest BCUT2D eigenvalue weighted by molar-refractivity contribution is 5.94. The summed E-state index contributed by atoms with van der Waals surface area (Å²) in [4.78, 5) is 18.8. The molecule has 1 aromatic heterocycles. The highest BCUT2D eigenvalue weighted by Gasteiger charge is 2.05. The molecule has 0 bridgehead atoms. The first kappa shape index (κ1) is 12.2. The lowest BCUT2D eigenvalue weighted by Gasteiger charge is -2.05. The second-order valence-electron chi connectivity index (χ2n) is 3.81. The van der Waals surface area contributed by atoms with Crippen LogP contribution in [0.2, 0.25) is 0 Å². The van der Waals surface area contributed by atoms with E-state index in [0.29, 0.717) is 17.9 Å². The third-order valence-corrected chi connectivity index (χ3v) is 2.57. The average molecular weight is 245 g/mol. The lowest BCUT2D eigenvalue weighted by atomic mass is 10.2. The molecule has 0 fully saturated rings. The number of aromatic nitrogens is 2. The maximum atomic E-state index is 11.8. The summed E-state index contributed by atoms with van der Waals surface area (Å²) in [5, 5.41) is 2.85. The van der Waals surface area contributed by atoms with Crippen molar-refractivity contribution in [1.82, 2.24) is 15.3 Å². The average Bonchev–Trinajstić information content (AvgIpc) is 2.92. The fourth-order valence-corrected chi connectivity index (χ4v) is 1.60. The Balaban J connectivity index is 1.87. The number of methoxy groups -OCH3 is 1. The second kappa shape index (κ2) is 5.86. The van der Waals surface area contributed by atoms with Gasteiger partial charge in [-0.1, -0.05) is 6.07 Å². The number of ether oxygens (including phenoxy) is 1. The number of carbonyl (C=O) groups excluding carboxylic acids is 1. The molecule has 0 aliphatic carbocycles. The number of nitrogens with zero attached hydrogens (tertiary/aromatic N) is 1. The Morgan fingerprint density at radius 1 is 1.50 bits per heavy atom. The summed E-state index contributed by atoms with van der Waals surface area (Å²) >= 11 is 0. The van der Waals surface area contributed by atoms with Gasteiger partial charge in [-0.2, -0.15) is 0 Å². The zero-order chi connectivity index (χ0) is 12.8. The monoisotopic (exact) mass is 245 g/mol. The summed E-state index contributed by atoms with van der Waals surface area (Å²) in [6.07, 6.45) is 4.10. The molecule has 0 saturated carbocycles. The van der Waals surface area contributed by atoms with E-state index in [-0.39, 0.29) is 5.91 Å².